The lowest BCUT2D eigenvalue weighted by molar-refractivity contribution is 0.0329. The number of ketones is 1. The third kappa shape index (κ3) is 4.24. The molecule has 0 saturated carbocycles. The van der Waals surface area contributed by atoms with Gasteiger partial charge in [0.2, 0.25) is 5.78 Å². The summed E-state index contributed by atoms with van der Waals surface area (Å²) in [4.78, 5) is 17.8. The second-order valence-corrected chi connectivity index (χ2v) is 8.35. The molecule has 6 nitrogen and oxygen atoms in total. The highest BCUT2D eigenvalue weighted by molar-refractivity contribution is 6.15. The number of nitrogens with zero attached hydrogens (tertiary/aromatic N) is 2. The molecule has 2 aromatic rings. The first-order valence-electron chi connectivity index (χ1n) is 11.0. The van der Waals surface area contributed by atoms with Gasteiger partial charge in [0.15, 0.2) is 5.76 Å². The molecule has 162 valence electrons. The standard InChI is InChI=1S/C25H28N2O4/c1-18-24-20(16-27(17-30-24)9-5-8-26-10-12-29-13-11-26)15-21-23(28)22(31-25(18)21)14-19-6-3-2-4-7-19/h2-4,6-7,14-15H,5,8-13,16-17H2,1H3/b22-14-. The van der Waals surface area contributed by atoms with Gasteiger partial charge in [0.25, 0.3) is 0 Å². The summed E-state index contributed by atoms with van der Waals surface area (Å²) in [6.07, 6.45) is 2.90. The van der Waals surface area contributed by atoms with Crippen LogP contribution in [0.3, 0.4) is 0 Å². The van der Waals surface area contributed by atoms with E-state index in [1.165, 1.54) is 0 Å². The number of fused-ring (bicyclic) bond motifs is 2. The zero-order valence-corrected chi connectivity index (χ0v) is 17.9. The van der Waals surface area contributed by atoms with Gasteiger partial charge in [-0.25, -0.2) is 0 Å². The number of carbonyl (C=O) groups excluding carboxylic acids is 1. The Morgan fingerprint density at radius 1 is 1.03 bits per heavy atom. The van der Waals surface area contributed by atoms with E-state index in [2.05, 4.69) is 9.80 Å². The molecule has 0 aliphatic carbocycles. The number of rotatable bonds is 5. The van der Waals surface area contributed by atoms with Crippen molar-refractivity contribution in [1.29, 1.82) is 0 Å². The summed E-state index contributed by atoms with van der Waals surface area (Å²) in [6, 6.07) is 11.7. The zero-order chi connectivity index (χ0) is 21.2. The Kier molecular flexibility index (Phi) is 5.76. The Morgan fingerprint density at radius 2 is 1.81 bits per heavy atom. The molecule has 0 N–H and O–H groups in total. The van der Waals surface area contributed by atoms with Gasteiger partial charge in [0, 0.05) is 37.3 Å². The predicted molar refractivity (Wildman–Crippen MR) is 118 cm³/mol. The number of allylic oxidation sites excluding steroid dienone is 1. The third-order valence-corrected chi connectivity index (χ3v) is 6.15. The highest BCUT2D eigenvalue weighted by Gasteiger charge is 2.33. The minimum absolute atomic E-state index is 0.0609. The maximum Gasteiger partial charge on any atom is 0.231 e. The number of hydrogen-bond acceptors (Lipinski definition) is 6. The summed E-state index contributed by atoms with van der Waals surface area (Å²) in [5.74, 6) is 1.80. The molecule has 1 fully saturated rings. The van der Waals surface area contributed by atoms with Gasteiger partial charge in [0.05, 0.1) is 18.8 Å². The van der Waals surface area contributed by atoms with Gasteiger partial charge >= 0.3 is 0 Å². The predicted octanol–water partition coefficient (Wildman–Crippen LogP) is 3.49. The average Bonchev–Trinajstić information content (AvgIpc) is 3.11. The normalized spacial score (nSPS) is 20.3. The molecule has 3 aliphatic rings. The molecular weight excluding hydrogens is 392 g/mol. The van der Waals surface area contributed by atoms with Crippen LogP contribution in [-0.4, -0.2) is 61.7 Å². The van der Waals surface area contributed by atoms with Crippen LogP contribution in [0.25, 0.3) is 6.08 Å². The minimum atomic E-state index is -0.0609. The topological polar surface area (TPSA) is 51.2 Å². The Bertz CT molecular complexity index is 996. The molecule has 0 atom stereocenters. The third-order valence-electron chi connectivity index (χ3n) is 6.15. The van der Waals surface area contributed by atoms with Gasteiger partial charge in [-0.2, -0.15) is 0 Å². The molecule has 0 radical (unpaired) electrons. The Labute approximate surface area is 183 Å². The van der Waals surface area contributed by atoms with Crippen LogP contribution >= 0.6 is 0 Å². The summed E-state index contributed by atoms with van der Waals surface area (Å²) >= 11 is 0. The fourth-order valence-corrected chi connectivity index (χ4v) is 4.48. The number of carbonyl (C=O) groups is 1. The lowest BCUT2D eigenvalue weighted by Crippen LogP contribution is -2.39. The van der Waals surface area contributed by atoms with Gasteiger partial charge in [-0.15, -0.1) is 0 Å². The SMILES string of the molecule is Cc1c2c(cc3c1O/C(=C\c1ccccc1)C3=O)CN(CCCN1CCOCC1)CO2. The quantitative estimate of drug-likeness (QED) is 0.691. The molecule has 5 rings (SSSR count). The summed E-state index contributed by atoms with van der Waals surface area (Å²) in [6.45, 7) is 9.09. The van der Waals surface area contributed by atoms with Crippen molar-refractivity contribution >= 4 is 11.9 Å². The molecule has 0 bridgehead atoms. The highest BCUT2D eigenvalue weighted by Crippen LogP contribution is 2.43. The van der Waals surface area contributed by atoms with E-state index in [0.717, 1.165) is 74.8 Å². The number of benzene rings is 2. The van der Waals surface area contributed by atoms with Crippen LogP contribution in [0.2, 0.25) is 0 Å². The molecule has 0 amide bonds. The van der Waals surface area contributed by atoms with Gasteiger partial charge in [0.1, 0.15) is 18.2 Å². The number of morpholine rings is 1. The molecule has 6 heteroatoms. The average molecular weight is 421 g/mol. The number of ether oxygens (including phenoxy) is 3. The first-order chi connectivity index (χ1) is 15.2. The van der Waals surface area contributed by atoms with Gasteiger partial charge in [-0.3, -0.25) is 14.6 Å². The number of Topliss-reactive ketones (excluding diaryl/α,β-unsaturated/α-hetero) is 1. The van der Waals surface area contributed by atoms with Crippen LogP contribution in [-0.2, 0) is 11.3 Å². The van der Waals surface area contributed by atoms with E-state index in [1.807, 2.05) is 43.3 Å². The molecule has 0 aromatic heterocycles. The summed E-state index contributed by atoms with van der Waals surface area (Å²) < 4.78 is 17.5. The van der Waals surface area contributed by atoms with Gasteiger partial charge < -0.3 is 14.2 Å². The van der Waals surface area contributed by atoms with Crippen molar-refractivity contribution in [3.63, 3.8) is 0 Å². The van der Waals surface area contributed by atoms with Crippen LogP contribution in [0.15, 0.2) is 42.2 Å². The summed E-state index contributed by atoms with van der Waals surface area (Å²) in [5, 5.41) is 0. The minimum Gasteiger partial charge on any atom is -0.477 e. The Balaban J connectivity index is 1.28. The van der Waals surface area contributed by atoms with E-state index in [4.69, 9.17) is 14.2 Å². The highest BCUT2D eigenvalue weighted by atomic mass is 16.5. The van der Waals surface area contributed by atoms with Crippen molar-refractivity contribution in [2.45, 2.75) is 19.9 Å². The van der Waals surface area contributed by atoms with E-state index in [-0.39, 0.29) is 5.78 Å². The first-order valence-corrected chi connectivity index (χ1v) is 11.0. The molecule has 3 aliphatic heterocycles. The maximum atomic E-state index is 13.0. The van der Waals surface area contributed by atoms with Crippen molar-refractivity contribution in [3.05, 3.63) is 64.4 Å². The second-order valence-electron chi connectivity index (χ2n) is 8.35. The molecule has 0 spiro atoms. The van der Waals surface area contributed by atoms with Crippen molar-refractivity contribution in [2.75, 3.05) is 46.1 Å². The lowest BCUT2D eigenvalue weighted by atomic mass is 10.00. The smallest absolute Gasteiger partial charge is 0.231 e. The second kappa shape index (κ2) is 8.83. The van der Waals surface area contributed by atoms with Crippen molar-refractivity contribution in [3.8, 4) is 11.5 Å². The fourth-order valence-electron chi connectivity index (χ4n) is 4.48. The monoisotopic (exact) mass is 420 g/mol. The van der Waals surface area contributed by atoms with E-state index in [1.54, 1.807) is 6.08 Å². The largest absolute Gasteiger partial charge is 0.477 e. The van der Waals surface area contributed by atoms with Gasteiger partial charge in [-0.1, -0.05) is 30.3 Å². The van der Waals surface area contributed by atoms with Crippen molar-refractivity contribution in [1.82, 2.24) is 9.80 Å². The fraction of sp³-hybridized carbons (Fsp3) is 0.400. The Hall–Kier alpha value is -2.67. The van der Waals surface area contributed by atoms with Crippen molar-refractivity contribution < 1.29 is 19.0 Å². The van der Waals surface area contributed by atoms with Crippen LogP contribution in [0.4, 0.5) is 0 Å². The lowest BCUT2D eigenvalue weighted by Gasteiger charge is -2.31. The molecule has 1 saturated heterocycles. The number of hydrogen-bond donors (Lipinski definition) is 0. The summed E-state index contributed by atoms with van der Waals surface area (Å²) in [7, 11) is 0. The van der Waals surface area contributed by atoms with Crippen LogP contribution < -0.4 is 9.47 Å². The van der Waals surface area contributed by atoms with Gasteiger partial charge in [-0.05, 0) is 37.6 Å². The van der Waals surface area contributed by atoms with Crippen LogP contribution in [0.5, 0.6) is 11.5 Å². The van der Waals surface area contributed by atoms with Crippen LogP contribution in [0.1, 0.15) is 33.5 Å². The van der Waals surface area contributed by atoms with E-state index >= 15 is 0 Å². The Morgan fingerprint density at radius 3 is 2.61 bits per heavy atom. The first kappa shape index (κ1) is 20.2. The zero-order valence-electron chi connectivity index (χ0n) is 17.9. The molecule has 3 heterocycles. The maximum absolute atomic E-state index is 13.0. The van der Waals surface area contributed by atoms with Crippen molar-refractivity contribution in [2.24, 2.45) is 0 Å². The van der Waals surface area contributed by atoms with E-state index in [9.17, 15) is 4.79 Å². The molecule has 0 unspecified atom stereocenters. The molecular formula is C25H28N2O4. The van der Waals surface area contributed by atoms with E-state index < -0.39 is 0 Å². The molecule has 31 heavy (non-hydrogen) atoms. The van der Waals surface area contributed by atoms with E-state index in [0.29, 0.717) is 23.8 Å². The van der Waals surface area contributed by atoms with Crippen LogP contribution in [0, 0.1) is 6.92 Å². The summed E-state index contributed by atoms with van der Waals surface area (Å²) in [5.41, 5.74) is 3.55. The molecule has 2 aromatic carbocycles.